The Kier molecular flexibility index (Phi) is 30.1. The highest BCUT2D eigenvalue weighted by Crippen LogP contribution is 2.43. The molecule has 0 saturated heterocycles. The summed E-state index contributed by atoms with van der Waals surface area (Å²) in [5.41, 5.74) is 0. The van der Waals surface area contributed by atoms with Crippen molar-refractivity contribution in [3.05, 3.63) is 97.2 Å². The molecule has 0 radical (unpaired) electrons. The Hall–Kier alpha value is -3.75. The van der Waals surface area contributed by atoms with Gasteiger partial charge in [-0.05, 0) is 119 Å². The maximum Gasteiger partial charge on any atom is 0.302 e. The van der Waals surface area contributed by atoms with Gasteiger partial charge in [-0.1, -0.05) is 104 Å². The van der Waals surface area contributed by atoms with Crippen LogP contribution in [0, 0.1) is 35.5 Å². The second-order valence-electron chi connectivity index (χ2n) is 14.4. The highest BCUT2D eigenvalue weighted by Gasteiger charge is 2.34. The number of ether oxygens (including phenoxy) is 3. The van der Waals surface area contributed by atoms with Gasteiger partial charge in [0.15, 0.2) is 0 Å². The third kappa shape index (κ3) is 27.5. The number of unbranched alkanes of at least 4 members (excludes halogenated alkanes) is 2. The molecular formula is C47H72O8. The van der Waals surface area contributed by atoms with Gasteiger partial charge in [-0.25, -0.2) is 0 Å². The van der Waals surface area contributed by atoms with Crippen molar-refractivity contribution in [2.24, 2.45) is 35.5 Å². The summed E-state index contributed by atoms with van der Waals surface area (Å²) in [6, 6.07) is 0. The summed E-state index contributed by atoms with van der Waals surface area (Å²) in [5.74, 6) is 2.51. The van der Waals surface area contributed by atoms with Crippen LogP contribution in [0.4, 0.5) is 0 Å². The van der Waals surface area contributed by atoms with E-state index in [-0.39, 0.29) is 30.4 Å². The second-order valence-corrected chi connectivity index (χ2v) is 14.4. The summed E-state index contributed by atoms with van der Waals surface area (Å²) >= 11 is 0. The zero-order valence-corrected chi connectivity index (χ0v) is 34.3. The Labute approximate surface area is 332 Å². The molecule has 4 aliphatic rings. The van der Waals surface area contributed by atoms with E-state index >= 15 is 0 Å². The van der Waals surface area contributed by atoms with E-state index in [0.717, 1.165) is 56.8 Å². The van der Waals surface area contributed by atoms with E-state index in [2.05, 4.69) is 71.6 Å². The first-order chi connectivity index (χ1) is 26.7. The molecule has 4 aliphatic carbocycles. The third-order valence-electron chi connectivity index (χ3n) is 9.68. The fourth-order valence-corrected chi connectivity index (χ4v) is 6.82. The van der Waals surface area contributed by atoms with E-state index in [4.69, 9.17) is 14.6 Å². The lowest BCUT2D eigenvalue weighted by molar-refractivity contribution is -0.140. The van der Waals surface area contributed by atoms with Crippen molar-refractivity contribution in [3.63, 3.8) is 0 Å². The smallest absolute Gasteiger partial charge is 0.302 e. The van der Waals surface area contributed by atoms with Gasteiger partial charge in [0.25, 0.3) is 0 Å². The van der Waals surface area contributed by atoms with Crippen LogP contribution < -0.4 is 0 Å². The Morgan fingerprint density at radius 1 is 0.564 bits per heavy atom. The average molecular weight is 765 g/mol. The lowest BCUT2D eigenvalue weighted by Gasteiger charge is -2.13. The molecule has 8 nitrogen and oxygen atoms in total. The Balaban J connectivity index is 0.000000461. The molecule has 6 unspecified atom stereocenters. The van der Waals surface area contributed by atoms with Crippen LogP contribution in [0.5, 0.6) is 0 Å². The molecule has 6 atom stereocenters. The number of aliphatic hydroxyl groups is 2. The summed E-state index contributed by atoms with van der Waals surface area (Å²) in [7, 11) is 0. The molecule has 0 heterocycles. The Morgan fingerprint density at radius 3 is 1.49 bits per heavy atom. The monoisotopic (exact) mass is 765 g/mol. The van der Waals surface area contributed by atoms with Gasteiger partial charge in [-0.2, -0.15) is 0 Å². The maximum atomic E-state index is 10.8. The van der Waals surface area contributed by atoms with Gasteiger partial charge in [0.1, 0.15) is 19.8 Å². The molecule has 2 fully saturated rings. The van der Waals surface area contributed by atoms with E-state index in [0.29, 0.717) is 44.2 Å². The normalized spacial score (nSPS) is 24.5. The molecule has 4 rings (SSSR count). The van der Waals surface area contributed by atoms with Crippen LogP contribution in [0.2, 0.25) is 0 Å². The third-order valence-corrected chi connectivity index (χ3v) is 9.68. The summed E-state index contributed by atoms with van der Waals surface area (Å²) in [6.07, 6.45) is 48.7. The van der Waals surface area contributed by atoms with Crippen molar-refractivity contribution in [1.82, 2.24) is 0 Å². The van der Waals surface area contributed by atoms with Gasteiger partial charge < -0.3 is 24.4 Å². The van der Waals surface area contributed by atoms with Crippen LogP contribution >= 0.6 is 0 Å². The van der Waals surface area contributed by atoms with Crippen molar-refractivity contribution < 1.29 is 38.8 Å². The fourth-order valence-electron chi connectivity index (χ4n) is 6.82. The minimum absolute atomic E-state index is 0.199. The van der Waals surface area contributed by atoms with Gasteiger partial charge >= 0.3 is 17.9 Å². The number of esters is 3. The second kappa shape index (κ2) is 33.6. The number of rotatable bonds is 17. The molecule has 8 heteroatoms. The van der Waals surface area contributed by atoms with E-state index in [1.165, 1.54) is 59.3 Å². The molecule has 0 amide bonds. The molecule has 0 aromatic rings. The fraction of sp³-hybridized carbons (Fsp3) is 0.596. The molecule has 2 saturated carbocycles. The van der Waals surface area contributed by atoms with Crippen LogP contribution in [0.15, 0.2) is 97.2 Å². The number of carbonyl (C=O) groups excluding carboxylic acids is 3. The standard InChI is InChI=1S/C24H36O5.C8H12O.C8H12.C7H12O2/c1-20(26)28-15-11-9-7-5-3-4-6-8-10-13-22-17-23(24(18-22)19-25)14-12-16-29-21(2)27;9-5-8-4-6-1-2-7(8)3-6;1-2-4-6-8-7-5-3-1;1-3-4-5-6-9-7(2)8/h3-4,9-14,22-25H,5-8,15-19H2,1-2H3;1-2,6-9H,3-5H2;1-2,7-8H,3-6H2;4-5H,3,6H2,1-2H3/b;;2-1-,8-7?;5-4-. The topological polar surface area (TPSA) is 119 Å². The SMILES string of the molecule is C1=CCC/C=C\CC1.CC(=O)OCC=CCCC=CCCC=CC1CC(C=CCOC(C)=O)C(CO)C1.CC/C=C\COC(C)=O.OCC1CC2C=CC1C2. The first-order valence-corrected chi connectivity index (χ1v) is 20.6. The van der Waals surface area contributed by atoms with Gasteiger partial charge in [0.2, 0.25) is 0 Å². The van der Waals surface area contributed by atoms with Crippen LogP contribution in [-0.4, -0.2) is 61.2 Å². The molecule has 55 heavy (non-hydrogen) atoms. The van der Waals surface area contributed by atoms with Crippen LogP contribution in [0.25, 0.3) is 0 Å². The lowest BCUT2D eigenvalue weighted by Crippen LogP contribution is -2.10. The summed E-state index contributed by atoms with van der Waals surface area (Å²) in [5, 5.41) is 18.5. The number of aliphatic hydroxyl groups excluding tert-OH is 2. The number of hydrogen-bond acceptors (Lipinski definition) is 8. The molecule has 0 aromatic carbocycles. The summed E-state index contributed by atoms with van der Waals surface area (Å²) in [4.78, 5) is 31.5. The zero-order chi connectivity index (χ0) is 40.4. The van der Waals surface area contributed by atoms with Crippen molar-refractivity contribution in [2.45, 2.75) is 111 Å². The molecule has 0 aliphatic heterocycles. The minimum Gasteiger partial charge on any atom is -0.462 e. The first-order valence-electron chi connectivity index (χ1n) is 20.6. The minimum atomic E-state index is -0.273. The van der Waals surface area contributed by atoms with Crippen molar-refractivity contribution in [3.8, 4) is 0 Å². The predicted molar refractivity (Wildman–Crippen MR) is 224 cm³/mol. The molecule has 0 spiro atoms. The van der Waals surface area contributed by atoms with E-state index < -0.39 is 0 Å². The van der Waals surface area contributed by atoms with Gasteiger partial charge in [-0.15, -0.1) is 0 Å². The number of carbonyl (C=O) groups is 3. The summed E-state index contributed by atoms with van der Waals surface area (Å²) < 4.78 is 14.4. The Bertz CT molecular complexity index is 1240. The quantitative estimate of drug-likeness (QED) is 0.0651. The predicted octanol–water partition coefficient (Wildman–Crippen LogP) is 9.91. The van der Waals surface area contributed by atoms with Crippen LogP contribution in [0.1, 0.15) is 111 Å². The molecule has 308 valence electrons. The van der Waals surface area contributed by atoms with E-state index in [1.54, 1.807) is 0 Å². The highest BCUT2D eigenvalue weighted by atomic mass is 16.5. The molecule has 2 N–H and O–H groups in total. The van der Waals surface area contributed by atoms with Crippen molar-refractivity contribution >= 4 is 17.9 Å². The Morgan fingerprint density at radius 2 is 1.05 bits per heavy atom. The summed E-state index contributed by atoms with van der Waals surface area (Å²) in [6.45, 7) is 7.90. The average Bonchev–Trinajstić information content (AvgIpc) is 3.89. The number of hydrogen-bond donors (Lipinski definition) is 2. The van der Waals surface area contributed by atoms with Crippen LogP contribution in [0.3, 0.4) is 0 Å². The van der Waals surface area contributed by atoms with Crippen molar-refractivity contribution in [2.75, 3.05) is 33.0 Å². The lowest BCUT2D eigenvalue weighted by atomic mass is 9.95. The van der Waals surface area contributed by atoms with Crippen LogP contribution in [-0.2, 0) is 28.6 Å². The number of fused-ring (bicyclic) bond motifs is 2. The van der Waals surface area contributed by atoms with Gasteiger partial charge in [0, 0.05) is 34.0 Å². The number of allylic oxidation sites excluding steroid dienone is 13. The maximum absolute atomic E-state index is 10.8. The van der Waals surface area contributed by atoms with E-state index in [9.17, 15) is 19.5 Å². The first kappa shape index (κ1) is 49.3. The molecular weight excluding hydrogens is 693 g/mol. The van der Waals surface area contributed by atoms with E-state index in [1.807, 2.05) is 37.3 Å². The van der Waals surface area contributed by atoms with Crippen molar-refractivity contribution in [1.29, 1.82) is 0 Å². The highest BCUT2D eigenvalue weighted by molar-refractivity contribution is 5.66. The largest absolute Gasteiger partial charge is 0.462 e. The van der Waals surface area contributed by atoms with Gasteiger partial charge in [-0.3, -0.25) is 14.4 Å². The zero-order valence-electron chi connectivity index (χ0n) is 34.3. The molecule has 2 bridgehead atoms. The molecule has 0 aromatic heterocycles. The van der Waals surface area contributed by atoms with Gasteiger partial charge in [0.05, 0.1) is 0 Å².